The molecule has 1 N–H and O–H groups in total. The van der Waals surface area contributed by atoms with E-state index >= 15 is 0 Å². The third-order valence-electron chi connectivity index (χ3n) is 4.42. The van der Waals surface area contributed by atoms with E-state index in [2.05, 4.69) is 20.5 Å². The van der Waals surface area contributed by atoms with Gasteiger partial charge in [-0.2, -0.15) is 10.1 Å². The van der Waals surface area contributed by atoms with Crippen molar-refractivity contribution in [1.29, 1.82) is 0 Å². The van der Waals surface area contributed by atoms with Gasteiger partial charge in [0.2, 0.25) is 11.7 Å². The number of aryl methyl sites for hydroxylation is 2. The number of hydrogen-bond acceptors (Lipinski definition) is 6. The largest absolute Gasteiger partial charge is 0.287 e. The number of nitrogens with zero attached hydrogens (tertiary/aromatic N) is 6. The molecule has 3 heterocycles. The zero-order valence-electron chi connectivity index (χ0n) is 16.5. The molecule has 0 aliphatic rings. The van der Waals surface area contributed by atoms with E-state index in [0.29, 0.717) is 27.9 Å². The molecule has 0 fully saturated rings. The molecule has 4 rings (SSSR count). The van der Waals surface area contributed by atoms with Crippen LogP contribution in [0.1, 0.15) is 21.7 Å². The summed E-state index contributed by atoms with van der Waals surface area (Å²) in [5.74, 6) is 0.953. The molecule has 4 aromatic rings. The number of carbonyl (C=O) groups is 1. The summed E-state index contributed by atoms with van der Waals surface area (Å²) in [6, 6.07) is 10.7. The molecule has 0 aliphatic carbocycles. The Kier molecular flexibility index (Phi) is 4.81. The summed E-state index contributed by atoms with van der Waals surface area (Å²) >= 11 is 6.29. The zero-order valence-corrected chi connectivity index (χ0v) is 17.3. The number of ketones is 1. The Morgan fingerprint density at radius 3 is 2.62 bits per heavy atom. The molecule has 0 atom stereocenters. The first-order valence-corrected chi connectivity index (χ1v) is 9.35. The van der Waals surface area contributed by atoms with Crippen LogP contribution in [0.5, 0.6) is 0 Å². The fourth-order valence-corrected chi connectivity index (χ4v) is 3.45. The van der Waals surface area contributed by atoms with Crippen LogP contribution in [0.4, 0.5) is 5.95 Å². The molecule has 0 saturated carbocycles. The van der Waals surface area contributed by atoms with Gasteiger partial charge in [0.1, 0.15) is 5.82 Å². The Labute approximate surface area is 172 Å². The van der Waals surface area contributed by atoms with Crippen LogP contribution < -0.4 is 5.43 Å². The Morgan fingerprint density at radius 2 is 1.97 bits per heavy atom. The van der Waals surface area contributed by atoms with Crippen molar-refractivity contribution >= 4 is 34.4 Å². The number of rotatable bonds is 5. The monoisotopic (exact) mass is 409 g/mol. The lowest BCUT2D eigenvalue weighted by atomic mass is 10.1. The van der Waals surface area contributed by atoms with Gasteiger partial charge >= 0.3 is 0 Å². The predicted octanol–water partition coefficient (Wildman–Crippen LogP) is 3.24. The third-order valence-corrected chi connectivity index (χ3v) is 4.75. The highest BCUT2D eigenvalue weighted by molar-refractivity contribution is 6.35. The molecule has 1 aromatic carbocycles. The van der Waals surface area contributed by atoms with Crippen LogP contribution in [0.3, 0.4) is 0 Å². The summed E-state index contributed by atoms with van der Waals surface area (Å²) in [5.41, 5.74) is 5.34. The van der Waals surface area contributed by atoms with Crippen molar-refractivity contribution in [2.45, 2.75) is 6.92 Å². The number of nitrogens with one attached hydrogen (secondary N) is 1. The number of carbonyl (C=O) groups excluding carboxylic acids is 1. The minimum atomic E-state index is -0.199. The van der Waals surface area contributed by atoms with Gasteiger partial charge in [-0.3, -0.25) is 19.5 Å². The van der Waals surface area contributed by atoms with Crippen molar-refractivity contribution in [2.24, 2.45) is 7.05 Å². The Balaban J connectivity index is 1.98. The van der Waals surface area contributed by atoms with E-state index in [0.717, 1.165) is 16.9 Å². The highest BCUT2D eigenvalue weighted by Gasteiger charge is 2.23. The van der Waals surface area contributed by atoms with Gasteiger partial charge in [0.05, 0.1) is 16.4 Å². The van der Waals surface area contributed by atoms with Crippen molar-refractivity contribution in [3.8, 4) is 5.82 Å². The number of aromatic nitrogens is 5. The number of fused-ring (bicyclic) bond motifs is 1. The average Bonchev–Trinajstić information content (AvgIpc) is 3.19. The normalized spacial score (nSPS) is 11.4. The van der Waals surface area contributed by atoms with Crippen LogP contribution in [0.2, 0.25) is 5.02 Å². The topological polar surface area (TPSA) is 80.9 Å². The second-order valence-corrected chi connectivity index (χ2v) is 7.33. The molecule has 0 saturated heterocycles. The van der Waals surface area contributed by atoms with Crippen molar-refractivity contribution in [3.63, 3.8) is 0 Å². The van der Waals surface area contributed by atoms with Gasteiger partial charge < -0.3 is 0 Å². The average molecular weight is 410 g/mol. The van der Waals surface area contributed by atoms with Crippen LogP contribution in [-0.2, 0) is 7.05 Å². The van der Waals surface area contributed by atoms with E-state index in [-0.39, 0.29) is 5.78 Å². The van der Waals surface area contributed by atoms with E-state index in [1.165, 1.54) is 0 Å². The van der Waals surface area contributed by atoms with Crippen molar-refractivity contribution in [2.75, 3.05) is 19.5 Å². The van der Waals surface area contributed by atoms with Gasteiger partial charge in [-0.25, -0.2) is 9.99 Å². The maximum absolute atomic E-state index is 13.4. The number of anilines is 1. The van der Waals surface area contributed by atoms with E-state index in [9.17, 15) is 4.79 Å². The number of hydrogen-bond donors (Lipinski definition) is 1. The Bertz CT molecular complexity index is 1230. The number of benzene rings is 1. The molecule has 9 heteroatoms. The highest BCUT2D eigenvalue weighted by atomic mass is 35.5. The summed E-state index contributed by atoms with van der Waals surface area (Å²) in [6.45, 7) is 1.90. The van der Waals surface area contributed by atoms with Crippen molar-refractivity contribution in [3.05, 3.63) is 64.6 Å². The lowest BCUT2D eigenvalue weighted by Gasteiger charge is -2.13. The van der Waals surface area contributed by atoms with Gasteiger partial charge in [0.25, 0.3) is 0 Å². The lowest BCUT2D eigenvalue weighted by Crippen LogP contribution is -2.21. The lowest BCUT2D eigenvalue weighted by molar-refractivity contribution is 0.103. The molecule has 0 spiro atoms. The molecule has 29 heavy (non-hydrogen) atoms. The van der Waals surface area contributed by atoms with Gasteiger partial charge in [0, 0.05) is 44.4 Å². The summed E-state index contributed by atoms with van der Waals surface area (Å²) < 4.78 is 3.52. The van der Waals surface area contributed by atoms with Crippen LogP contribution in [-0.4, -0.2) is 49.2 Å². The summed E-state index contributed by atoms with van der Waals surface area (Å²) in [6.07, 6.45) is 1.69. The van der Waals surface area contributed by atoms with Gasteiger partial charge in [-0.15, -0.1) is 0 Å². The third kappa shape index (κ3) is 3.48. The summed E-state index contributed by atoms with van der Waals surface area (Å²) in [7, 11) is 5.53. The molecule has 3 aromatic heterocycles. The van der Waals surface area contributed by atoms with Crippen LogP contribution in [0.25, 0.3) is 16.9 Å². The summed E-state index contributed by atoms with van der Waals surface area (Å²) in [5, 5.41) is 7.31. The minimum Gasteiger partial charge on any atom is -0.287 e. The smallest absolute Gasteiger partial charge is 0.239 e. The zero-order chi connectivity index (χ0) is 20.7. The predicted molar refractivity (Wildman–Crippen MR) is 113 cm³/mol. The quantitative estimate of drug-likeness (QED) is 0.402. The van der Waals surface area contributed by atoms with Crippen molar-refractivity contribution < 1.29 is 4.79 Å². The molecule has 0 amide bonds. The molecule has 0 radical (unpaired) electrons. The fourth-order valence-electron chi connectivity index (χ4n) is 3.23. The standard InChI is InChI=1S/C20H20ClN7O/c1-12-9-17(27(4)24-12)28-16(18(29)14-7-5-6-8-15(14)21)10-13-11-22-20(23-19(13)28)25-26(2)3/h5-11H,1-4H3,(H,22,23,25). The van der Waals surface area contributed by atoms with Crippen LogP contribution in [0.15, 0.2) is 42.6 Å². The number of hydrazine groups is 1. The Hall–Kier alpha value is -3.23. The molecular formula is C20H20ClN7O. The number of halogens is 1. The van der Waals surface area contributed by atoms with Crippen LogP contribution in [0, 0.1) is 6.92 Å². The second kappa shape index (κ2) is 7.31. The van der Waals surface area contributed by atoms with E-state index in [1.807, 2.05) is 34.1 Å². The van der Waals surface area contributed by atoms with Crippen molar-refractivity contribution in [1.82, 2.24) is 29.3 Å². The van der Waals surface area contributed by atoms with Gasteiger partial charge in [0.15, 0.2) is 5.65 Å². The highest BCUT2D eigenvalue weighted by Crippen LogP contribution is 2.27. The first-order chi connectivity index (χ1) is 13.8. The summed E-state index contributed by atoms with van der Waals surface area (Å²) in [4.78, 5) is 22.4. The SMILES string of the molecule is Cc1cc(-n2c(C(=O)c3ccccc3Cl)cc3cnc(NN(C)C)nc32)n(C)n1. The van der Waals surface area contributed by atoms with E-state index in [1.54, 1.807) is 50.8 Å². The van der Waals surface area contributed by atoms with Crippen LogP contribution >= 0.6 is 11.6 Å². The first-order valence-electron chi connectivity index (χ1n) is 8.98. The Morgan fingerprint density at radius 1 is 1.21 bits per heavy atom. The second-order valence-electron chi connectivity index (χ2n) is 6.92. The molecule has 0 aliphatic heterocycles. The maximum atomic E-state index is 13.4. The molecule has 8 nitrogen and oxygen atoms in total. The van der Waals surface area contributed by atoms with Gasteiger partial charge in [-0.1, -0.05) is 23.7 Å². The minimum absolute atomic E-state index is 0.199. The van der Waals surface area contributed by atoms with E-state index in [4.69, 9.17) is 11.6 Å². The molecule has 0 bridgehead atoms. The fraction of sp³-hybridized carbons (Fsp3) is 0.200. The first kappa shape index (κ1) is 19.1. The molecule has 0 unspecified atom stereocenters. The molecule has 148 valence electrons. The van der Waals surface area contributed by atoms with Gasteiger partial charge in [-0.05, 0) is 25.1 Å². The van der Waals surface area contributed by atoms with E-state index < -0.39 is 0 Å². The molecular weight excluding hydrogens is 390 g/mol. The maximum Gasteiger partial charge on any atom is 0.239 e.